The van der Waals surface area contributed by atoms with Gasteiger partial charge in [0, 0.05) is 36.6 Å². The summed E-state index contributed by atoms with van der Waals surface area (Å²) in [5, 5.41) is 3.01. The van der Waals surface area contributed by atoms with Crippen LogP contribution in [0.5, 0.6) is 0 Å². The molecule has 1 N–H and O–H groups in total. The smallest absolute Gasteiger partial charge is 0.322 e. The zero-order chi connectivity index (χ0) is 35.7. The van der Waals surface area contributed by atoms with Gasteiger partial charge in [0.1, 0.15) is 5.54 Å². The molecule has 8 nitrogen and oxygen atoms in total. The van der Waals surface area contributed by atoms with Crippen molar-refractivity contribution in [3.63, 3.8) is 0 Å². The normalized spacial score (nSPS) is 17.7. The van der Waals surface area contributed by atoms with Crippen molar-refractivity contribution in [3.8, 4) is 0 Å². The van der Waals surface area contributed by atoms with Crippen molar-refractivity contribution in [1.29, 1.82) is 0 Å². The van der Waals surface area contributed by atoms with Gasteiger partial charge in [0.2, 0.25) is 0 Å². The number of alkyl halides is 3. The maximum Gasteiger partial charge on any atom is 0.501 e. The molecular formula is C38H33F3N4O4S. The van der Waals surface area contributed by atoms with Gasteiger partial charge in [-0.1, -0.05) is 74.5 Å². The predicted octanol–water partition coefficient (Wildman–Crippen LogP) is 7.35. The van der Waals surface area contributed by atoms with E-state index in [1.165, 1.54) is 0 Å². The largest absolute Gasteiger partial charge is 0.501 e. The Kier molecular flexibility index (Phi) is 9.32. The number of anilines is 1. The zero-order valence-corrected chi connectivity index (χ0v) is 27.9. The minimum atomic E-state index is -5.64. The zero-order valence-electron chi connectivity index (χ0n) is 27.1. The number of benzene rings is 3. The summed E-state index contributed by atoms with van der Waals surface area (Å²) in [4.78, 5) is 37.5. The molecule has 3 aromatic carbocycles. The molecule has 1 aliphatic heterocycles. The monoisotopic (exact) mass is 698 g/mol. The van der Waals surface area contributed by atoms with Crippen molar-refractivity contribution in [2.45, 2.75) is 54.5 Å². The Labute approximate surface area is 287 Å². The molecule has 50 heavy (non-hydrogen) atoms. The van der Waals surface area contributed by atoms with E-state index in [2.05, 4.69) is 15.3 Å². The Balaban J connectivity index is 1.47. The summed E-state index contributed by atoms with van der Waals surface area (Å²) >= 11 is 0. The molecular weight excluding hydrogens is 666 g/mol. The van der Waals surface area contributed by atoms with Gasteiger partial charge in [-0.05, 0) is 82.6 Å². The topological polar surface area (TPSA) is 109 Å². The number of nitrogens with zero attached hydrogens (tertiary/aromatic N) is 3. The molecule has 0 spiro atoms. The second kappa shape index (κ2) is 13.5. The highest BCUT2D eigenvalue weighted by molar-refractivity contribution is 7.92. The fraction of sp³-hybridized carbons (Fsp3) is 0.211. The molecule has 12 heteroatoms. The second-order valence-electron chi connectivity index (χ2n) is 12.3. The molecule has 0 bridgehead atoms. The Morgan fingerprint density at radius 3 is 1.62 bits per heavy atom. The van der Waals surface area contributed by atoms with E-state index in [9.17, 15) is 31.2 Å². The molecule has 5 aromatic rings. The first kappa shape index (κ1) is 34.5. The van der Waals surface area contributed by atoms with Gasteiger partial charge in [0.05, 0.1) is 10.6 Å². The van der Waals surface area contributed by atoms with Gasteiger partial charge in [-0.3, -0.25) is 14.8 Å². The van der Waals surface area contributed by atoms with Crippen LogP contribution in [0.25, 0.3) is 0 Å². The number of amides is 3. The van der Waals surface area contributed by atoms with Crippen LogP contribution in [-0.2, 0) is 27.5 Å². The van der Waals surface area contributed by atoms with Crippen LogP contribution in [0.1, 0.15) is 59.1 Å². The summed E-state index contributed by atoms with van der Waals surface area (Å²) < 4.78 is 63.9. The third kappa shape index (κ3) is 6.26. The first-order chi connectivity index (χ1) is 23.8. The van der Waals surface area contributed by atoms with Crippen LogP contribution in [0.4, 0.5) is 23.7 Å². The number of pyridine rings is 2. The molecule has 0 aliphatic carbocycles. The molecule has 2 unspecified atom stereocenters. The molecule has 0 radical (unpaired) electrons. The summed E-state index contributed by atoms with van der Waals surface area (Å²) in [6.07, 6.45) is 7.75. The Morgan fingerprint density at radius 1 is 0.720 bits per heavy atom. The quantitative estimate of drug-likeness (QED) is 0.153. The fourth-order valence-electron chi connectivity index (χ4n) is 6.81. The highest BCUT2D eigenvalue weighted by Gasteiger charge is 2.59. The van der Waals surface area contributed by atoms with Crippen molar-refractivity contribution in [2.24, 2.45) is 0 Å². The SMILES string of the molecule is CC(c1ccncc1Cc1ccccc1)C1(C(C)c2ccncc2Cc2ccccc2)NC(=O)N(c2ccc(S(=O)(=O)C(F)(F)F)cc2)C1=O. The number of aromatic nitrogens is 2. The number of rotatable bonds is 10. The summed E-state index contributed by atoms with van der Waals surface area (Å²) in [6, 6.07) is 25.9. The Bertz CT molecular complexity index is 2040. The summed E-state index contributed by atoms with van der Waals surface area (Å²) in [5.41, 5.74) is -1.91. The van der Waals surface area contributed by atoms with Crippen molar-refractivity contribution >= 4 is 27.5 Å². The Hall–Kier alpha value is -5.36. The van der Waals surface area contributed by atoms with Crippen LogP contribution in [0.3, 0.4) is 0 Å². The molecule has 1 fully saturated rings. The maximum absolute atomic E-state index is 15.0. The van der Waals surface area contributed by atoms with E-state index in [-0.39, 0.29) is 5.69 Å². The second-order valence-corrected chi connectivity index (χ2v) is 14.2. The summed E-state index contributed by atoms with van der Waals surface area (Å²) in [5.74, 6) is -1.94. The first-order valence-electron chi connectivity index (χ1n) is 15.9. The average molecular weight is 699 g/mol. The lowest BCUT2D eigenvalue weighted by molar-refractivity contribution is -0.123. The van der Waals surface area contributed by atoms with Gasteiger partial charge in [-0.15, -0.1) is 0 Å². The number of imide groups is 1. The van der Waals surface area contributed by atoms with Gasteiger partial charge in [0.15, 0.2) is 0 Å². The standard InChI is InChI=1S/C38H33F3N4O4S/c1-25(33-17-19-42-23-29(33)21-27-9-5-3-6-10-27)37(26(2)34-18-20-43-24-30(34)22-28-11-7-4-8-12-28)35(46)45(36(47)44-37)31-13-15-32(16-14-31)50(48,49)38(39,40)41/h3-20,23-26H,21-22H2,1-2H3,(H,44,47). The number of carbonyl (C=O) groups is 2. The molecule has 3 amide bonds. The molecule has 2 aromatic heterocycles. The highest BCUT2D eigenvalue weighted by Crippen LogP contribution is 2.46. The third-order valence-corrected chi connectivity index (χ3v) is 10.9. The molecule has 2 atom stereocenters. The van der Waals surface area contributed by atoms with E-state index in [1.54, 1.807) is 24.8 Å². The van der Waals surface area contributed by atoms with E-state index in [1.807, 2.05) is 86.6 Å². The van der Waals surface area contributed by atoms with Crippen LogP contribution in [0.2, 0.25) is 0 Å². The number of carbonyl (C=O) groups excluding carboxylic acids is 2. The van der Waals surface area contributed by atoms with Crippen molar-refractivity contribution < 1.29 is 31.2 Å². The van der Waals surface area contributed by atoms with Crippen molar-refractivity contribution in [2.75, 3.05) is 4.90 Å². The Morgan fingerprint density at radius 2 is 1.18 bits per heavy atom. The first-order valence-corrected chi connectivity index (χ1v) is 17.3. The lowest BCUT2D eigenvalue weighted by Gasteiger charge is -2.40. The molecule has 6 rings (SSSR count). The molecule has 0 saturated carbocycles. The number of halogens is 3. The summed E-state index contributed by atoms with van der Waals surface area (Å²) in [6.45, 7) is 3.72. The van der Waals surface area contributed by atoms with Gasteiger partial charge in [-0.25, -0.2) is 18.1 Å². The number of sulfone groups is 1. The van der Waals surface area contributed by atoms with Gasteiger partial charge in [-0.2, -0.15) is 13.2 Å². The van der Waals surface area contributed by atoms with Crippen LogP contribution in [0, 0.1) is 0 Å². The van der Waals surface area contributed by atoms with E-state index in [0.717, 1.165) is 62.5 Å². The van der Waals surface area contributed by atoms with Crippen molar-refractivity contribution in [1.82, 2.24) is 15.3 Å². The molecule has 1 saturated heterocycles. The number of hydrogen-bond donors (Lipinski definition) is 1. The molecule has 3 heterocycles. The van der Waals surface area contributed by atoms with Crippen molar-refractivity contribution in [3.05, 3.63) is 155 Å². The molecule has 256 valence electrons. The van der Waals surface area contributed by atoms with E-state index in [0.29, 0.717) is 12.8 Å². The van der Waals surface area contributed by atoms with Crippen LogP contribution < -0.4 is 10.2 Å². The third-order valence-electron chi connectivity index (χ3n) is 9.44. The maximum atomic E-state index is 15.0. The fourth-order valence-corrected chi connectivity index (χ4v) is 7.57. The van der Waals surface area contributed by atoms with Gasteiger partial charge < -0.3 is 5.32 Å². The van der Waals surface area contributed by atoms with Gasteiger partial charge >= 0.3 is 11.5 Å². The number of urea groups is 1. The number of hydrogen-bond acceptors (Lipinski definition) is 6. The minimum Gasteiger partial charge on any atom is -0.322 e. The van der Waals surface area contributed by atoms with E-state index >= 15 is 0 Å². The van der Waals surface area contributed by atoms with Crippen LogP contribution in [-0.4, -0.2) is 41.4 Å². The lowest BCUT2D eigenvalue weighted by Crippen LogP contribution is -2.55. The predicted molar refractivity (Wildman–Crippen MR) is 182 cm³/mol. The minimum absolute atomic E-state index is 0.0756. The van der Waals surface area contributed by atoms with Gasteiger partial charge in [0.25, 0.3) is 15.7 Å². The van der Waals surface area contributed by atoms with Crippen LogP contribution in [0.15, 0.2) is 127 Å². The lowest BCUT2D eigenvalue weighted by atomic mass is 9.68. The van der Waals surface area contributed by atoms with E-state index < -0.39 is 49.6 Å². The molecule has 1 aliphatic rings. The number of nitrogens with one attached hydrogen (secondary N) is 1. The highest BCUT2D eigenvalue weighted by atomic mass is 32.2. The van der Waals surface area contributed by atoms with Crippen LogP contribution >= 0.6 is 0 Å². The summed E-state index contributed by atoms with van der Waals surface area (Å²) in [7, 11) is -5.64. The van der Waals surface area contributed by atoms with E-state index in [4.69, 9.17) is 0 Å². The average Bonchev–Trinajstić information content (AvgIpc) is 3.38.